The van der Waals surface area contributed by atoms with Crippen LogP contribution in [0.15, 0.2) is 54.6 Å². The quantitative estimate of drug-likeness (QED) is 0.479. The third-order valence-electron chi connectivity index (χ3n) is 5.12. The molecule has 5 nitrogen and oxygen atoms in total. The molecule has 2 rings (SSSR count). The number of Topliss-reactive ketones (excluding diaryl/α,β-unsaturated/α-hetero) is 1. The second kappa shape index (κ2) is 10.2. The Labute approximate surface area is 178 Å². The summed E-state index contributed by atoms with van der Waals surface area (Å²) in [6, 6.07) is 16.1. The first kappa shape index (κ1) is 23.3. The van der Waals surface area contributed by atoms with E-state index in [9.17, 15) is 14.4 Å². The topological polar surface area (TPSA) is 72.5 Å². The average molecular weight is 410 g/mol. The SMILES string of the molecule is CCC(C)C(C(=O)OCC(=O)c1ccc(NC(=O)C(C)(C)C)cc1)c1ccccc1. The molecule has 2 aromatic rings. The second-order valence-electron chi connectivity index (χ2n) is 8.59. The Balaban J connectivity index is 2.00. The van der Waals surface area contributed by atoms with Gasteiger partial charge in [-0.1, -0.05) is 71.4 Å². The lowest BCUT2D eigenvalue weighted by Crippen LogP contribution is -2.27. The third-order valence-corrected chi connectivity index (χ3v) is 5.12. The summed E-state index contributed by atoms with van der Waals surface area (Å²) >= 11 is 0. The van der Waals surface area contributed by atoms with Crippen molar-refractivity contribution in [3.8, 4) is 0 Å². The molecule has 0 heterocycles. The Morgan fingerprint density at radius 2 is 1.57 bits per heavy atom. The lowest BCUT2D eigenvalue weighted by atomic mass is 9.85. The number of rotatable bonds is 8. The van der Waals surface area contributed by atoms with Gasteiger partial charge in [0.1, 0.15) is 0 Å². The smallest absolute Gasteiger partial charge is 0.314 e. The van der Waals surface area contributed by atoms with Crippen LogP contribution in [-0.2, 0) is 14.3 Å². The molecule has 5 heteroatoms. The molecule has 0 aliphatic heterocycles. The summed E-state index contributed by atoms with van der Waals surface area (Å²) in [5.74, 6) is -1.09. The first-order valence-corrected chi connectivity index (χ1v) is 10.3. The van der Waals surface area contributed by atoms with Crippen LogP contribution in [-0.4, -0.2) is 24.3 Å². The van der Waals surface area contributed by atoms with Crippen LogP contribution in [0.2, 0.25) is 0 Å². The number of benzene rings is 2. The van der Waals surface area contributed by atoms with E-state index in [-0.39, 0.29) is 24.2 Å². The summed E-state index contributed by atoms with van der Waals surface area (Å²) in [6.45, 7) is 9.21. The van der Waals surface area contributed by atoms with E-state index in [2.05, 4.69) is 5.32 Å². The fourth-order valence-corrected chi connectivity index (χ4v) is 2.96. The molecular formula is C25H31NO4. The molecule has 0 aliphatic rings. The molecule has 0 fully saturated rings. The Hall–Kier alpha value is -2.95. The number of hydrogen-bond acceptors (Lipinski definition) is 4. The molecule has 1 amide bonds. The molecule has 2 atom stereocenters. The van der Waals surface area contributed by atoms with E-state index in [1.165, 1.54) is 0 Å². The molecule has 0 aliphatic carbocycles. The summed E-state index contributed by atoms with van der Waals surface area (Å²) in [6.07, 6.45) is 0.824. The zero-order chi connectivity index (χ0) is 22.3. The monoisotopic (exact) mass is 409 g/mol. The number of anilines is 1. The third kappa shape index (κ3) is 6.28. The summed E-state index contributed by atoms with van der Waals surface area (Å²) in [7, 11) is 0. The van der Waals surface area contributed by atoms with Crippen LogP contribution < -0.4 is 5.32 Å². The van der Waals surface area contributed by atoms with E-state index in [1.54, 1.807) is 24.3 Å². The van der Waals surface area contributed by atoms with Gasteiger partial charge in [-0.15, -0.1) is 0 Å². The lowest BCUT2D eigenvalue weighted by Gasteiger charge is -2.21. The summed E-state index contributed by atoms with van der Waals surface area (Å²) in [5, 5.41) is 2.81. The average Bonchev–Trinajstić information content (AvgIpc) is 2.72. The molecule has 1 N–H and O–H groups in total. The standard InChI is InChI=1S/C25H31NO4/c1-6-17(2)22(19-10-8-7-9-11-19)23(28)30-16-21(27)18-12-14-20(15-13-18)26-24(29)25(3,4)5/h7-15,17,22H,6,16H2,1-5H3,(H,26,29). The summed E-state index contributed by atoms with van der Waals surface area (Å²) < 4.78 is 5.38. The molecule has 0 saturated heterocycles. The molecule has 30 heavy (non-hydrogen) atoms. The number of hydrogen-bond donors (Lipinski definition) is 1. The van der Waals surface area contributed by atoms with Crippen molar-refractivity contribution in [1.82, 2.24) is 0 Å². The fraction of sp³-hybridized carbons (Fsp3) is 0.400. The molecule has 0 saturated carbocycles. The van der Waals surface area contributed by atoms with Crippen molar-refractivity contribution in [2.45, 2.75) is 47.0 Å². The minimum Gasteiger partial charge on any atom is -0.457 e. The summed E-state index contributed by atoms with van der Waals surface area (Å²) in [4.78, 5) is 37.3. The van der Waals surface area contributed by atoms with Crippen LogP contribution in [0.3, 0.4) is 0 Å². The van der Waals surface area contributed by atoms with Crippen molar-refractivity contribution in [2.75, 3.05) is 11.9 Å². The van der Waals surface area contributed by atoms with Gasteiger partial charge in [0.15, 0.2) is 12.4 Å². The normalized spacial score (nSPS) is 13.2. The number of ketones is 1. The Bertz CT molecular complexity index is 866. The van der Waals surface area contributed by atoms with Gasteiger partial charge in [-0.2, -0.15) is 0 Å². The van der Waals surface area contributed by atoms with Crippen LogP contribution >= 0.6 is 0 Å². The molecular weight excluding hydrogens is 378 g/mol. The maximum Gasteiger partial charge on any atom is 0.314 e. The number of nitrogens with one attached hydrogen (secondary N) is 1. The Morgan fingerprint density at radius 1 is 0.967 bits per heavy atom. The van der Waals surface area contributed by atoms with Crippen molar-refractivity contribution < 1.29 is 19.1 Å². The highest BCUT2D eigenvalue weighted by Crippen LogP contribution is 2.28. The number of amides is 1. The van der Waals surface area contributed by atoms with Crippen molar-refractivity contribution >= 4 is 23.3 Å². The number of carbonyl (C=O) groups excluding carboxylic acids is 3. The van der Waals surface area contributed by atoms with Gasteiger partial charge >= 0.3 is 5.97 Å². The number of carbonyl (C=O) groups is 3. The highest BCUT2D eigenvalue weighted by molar-refractivity contribution is 5.99. The van der Waals surface area contributed by atoms with Crippen LogP contribution in [0, 0.1) is 11.3 Å². The number of esters is 1. The van der Waals surface area contributed by atoms with Crippen molar-refractivity contribution in [2.24, 2.45) is 11.3 Å². The minimum atomic E-state index is -0.506. The number of ether oxygens (including phenoxy) is 1. The maximum absolute atomic E-state index is 12.7. The van der Waals surface area contributed by atoms with Crippen LogP contribution in [0.1, 0.15) is 62.9 Å². The van der Waals surface area contributed by atoms with Gasteiger partial charge in [0.2, 0.25) is 5.91 Å². The van der Waals surface area contributed by atoms with Gasteiger partial charge in [0.05, 0.1) is 5.92 Å². The van der Waals surface area contributed by atoms with Gasteiger partial charge in [0.25, 0.3) is 0 Å². The predicted octanol–water partition coefficient (Wildman–Crippen LogP) is 5.23. The lowest BCUT2D eigenvalue weighted by molar-refractivity contribution is -0.145. The van der Waals surface area contributed by atoms with E-state index in [1.807, 2.05) is 65.0 Å². The molecule has 2 aromatic carbocycles. The molecule has 0 bridgehead atoms. The molecule has 0 spiro atoms. The maximum atomic E-state index is 12.7. The molecule has 160 valence electrons. The molecule has 0 aromatic heterocycles. The van der Waals surface area contributed by atoms with Gasteiger partial charge < -0.3 is 10.1 Å². The van der Waals surface area contributed by atoms with Crippen molar-refractivity contribution in [3.63, 3.8) is 0 Å². The van der Waals surface area contributed by atoms with Crippen LogP contribution in [0.25, 0.3) is 0 Å². The second-order valence-corrected chi connectivity index (χ2v) is 8.59. The Morgan fingerprint density at radius 3 is 2.10 bits per heavy atom. The first-order chi connectivity index (χ1) is 14.1. The highest BCUT2D eigenvalue weighted by Gasteiger charge is 2.28. The van der Waals surface area contributed by atoms with Gasteiger partial charge in [0, 0.05) is 16.7 Å². The van der Waals surface area contributed by atoms with Crippen LogP contribution in [0.4, 0.5) is 5.69 Å². The largest absolute Gasteiger partial charge is 0.457 e. The van der Waals surface area contributed by atoms with E-state index < -0.39 is 17.3 Å². The Kier molecular flexibility index (Phi) is 7.93. The zero-order valence-corrected chi connectivity index (χ0v) is 18.4. The van der Waals surface area contributed by atoms with Gasteiger partial charge in [-0.05, 0) is 35.7 Å². The summed E-state index contributed by atoms with van der Waals surface area (Å²) in [5.41, 5.74) is 1.43. The van der Waals surface area contributed by atoms with Gasteiger partial charge in [-0.3, -0.25) is 14.4 Å². The zero-order valence-electron chi connectivity index (χ0n) is 18.4. The minimum absolute atomic E-state index is 0.0979. The first-order valence-electron chi connectivity index (χ1n) is 10.3. The van der Waals surface area contributed by atoms with Crippen molar-refractivity contribution in [1.29, 1.82) is 0 Å². The van der Waals surface area contributed by atoms with E-state index in [4.69, 9.17) is 4.74 Å². The highest BCUT2D eigenvalue weighted by atomic mass is 16.5. The predicted molar refractivity (Wildman–Crippen MR) is 118 cm³/mol. The molecule has 0 radical (unpaired) electrons. The van der Waals surface area contributed by atoms with Crippen molar-refractivity contribution in [3.05, 3.63) is 65.7 Å². The van der Waals surface area contributed by atoms with E-state index in [0.29, 0.717) is 11.3 Å². The molecule has 2 unspecified atom stereocenters. The van der Waals surface area contributed by atoms with E-state index in [0.717, 1.165) is 12.0 Å². The van der Waals surface area contributed by atoms with Crippen LogP contribution in [0.5, 0.6) is 0 Å². The fourth-order valence-electron chi connectivity index (χ4n) is 2.96. The van der Waals surface area contributed by atoms with Gasteiger partial charge in [-0.25, -0.2) is 0 Å². The van der Waals surface area contributed by atoms with E-state index >= 15 is 0 Å².